The van der Waals surface area contributed by atoms with Crippen LogP contribution >= 0.6 is 0 Å². The molecule has 0 aromatic heterocycles. The Balaban J connectivity index is 0. The van der Waals surface area contributed by atoms with Crippen LogP contribution in [0.4, 0.5) is 0 Å². The first kappa shape index (κ1) is 16.0. The lowest BCUT2D eigenvalue weighted by Gasteiger charge is -2.13. The van der Waals surface area contributed by atoms with Crippen molar-refractivity contribution in [2.45, 2.75) is 39.3 Å². The number of rotatable bonds is 4. The summed E-state index contributed by atoms with van der Waals surface area (Å²) in [5.74, 6) is 0. The summed E-state index contributed by atoms with van der Waals surface area (Å²) in [5, 5.41) is 0. The second-order valence-corrected chi connectivity index (χ2v) is 13.7. The van der Waals surface area contributed by atoms with Crippen molar-refractivity contribution in [2.24, 2.45) is 0 Å². The Morgan fingerprint density at radius 3 is 0.929 bits per heavy atom. The molecule has 84 valence electrons. The van der Waals surface area contributed by atoms with Gasteiger partial charge >= 0.3 is 0 Å². The zero-order valence-electron chi connectivity index (χ0n) is 10.4. The molecule has 0 unspecified atom stereocenters. The minimum absolute atomic E-state index is 1.28. The fraction of sp³-hybridized carbons (Fsp3) is 0.600. The van der Waals surface area contributed by atoms with E-state index < -0.39 is 16.6 Å². The van der Waals surface area contributed by atoms with Gasteiger partial charge in [0.25, 0.3) is 0 Å². The molecular formula is C10H24O2Si2. The number of hydrogen-bond acceptors (Lipinski definition) is 2. The van der Waals surface area contributed by atoms with Gasteiger partial charge in [-0.05, 0) is 39.3 Å². The quantitative estimate of drug-likeness (QED) is 0.539. The molecule has 0 saturated carbocycles. The maximum atomic E-state index is 5.13. The topological polar surface area (TPSA) is 18.5 Å². The highest BCUT2D eigenvalue weighted by molar-refractivity contribution is 6.70. The van der Waals surface area contributed by atoms with Crippen LogP contribution in [-0.2, 0) is 8.85 Å². The zero-order valence-corrected chi connectivity index (χ0v) is 12.4. The van der Waals surface area contributed by atoms with Crippen molar-refractivity contribution >= 4 is 16.6 Å². The molecule has 0 saturated heterocycles. The first-order chi connectivity index (χ1) is 6.12. The molecule has 0 amide bonds. The Morgan fingerprint density at radius 1 is 0.714 bits per heavy atom. The summed E-state index contributed by atoms with van der Waals surface area (Å²) in [5.41, 5.74) is 0. The van der Waals surface area contributed by atoms with Crippen molar-refractivity contribution in [3.8, 4) is 0 Å². The van der Waals surface area contributed by atoms with E-state index >= 15 is 0 Å². The van der Waals surface area contributed by atoms with Crippen LogP contribution in [0.25, 0.3) is 0 Å². The SMILES string of the molecule is C=CO[Si](C)(C)C.C=CO[Si](C)(C)C. The molecule has 0 aromatic rings. The Bertz CT molecular complexity index is 146. The van der Waals surface area contributed by atoms with E-state index in [-0.39, 0.29) is 0 Å². The predicted octanol–water partition coefficient (Wildman–Crippen LogP) is 3.96. The summed E-state index contributed by atoms with van der Waals surface area (Å²) >= 11 is 0. The average molecular weight is 232 g/mol. The van der Waals surface area contributed by atoms with Crippen LogP contribution in [0.1, 0.15) is 0 Å². The molecule has 0 aromatic carbocycles. The summed E-state index contributed by atoms with van der Waals surface area (Å²) < 4.78 is 10.3. The fourth-order valence-corrected chi connectivity index (χ4v) is 1.50. The van der Waals surface area contributed by atoms with Gasteiger partial charge in [-0.1, -0.05) is 13.2 Å². The molecule has 0 atom stereocenters. The van der Waals surface area contributed by atoms with Gasteiger partial charge in [0, 0.05) is 0 Å². The minimum atomic E-state index is -1.28. The normalized spacial score (nSPS) is 10.7. The van der Waals surface area contributed by atoms with Crippen LogP contribution < -0.4 is 0 Å². The lowest BCUT2D eigenvalue weighted by Crippen LogP contribution is -2.21. The Hall–Kier alpha value is -0.486. The lowest BCUT2D eigenvalue weighted by molar-refractivity contribution is 0.481. The molecule has 0 radical (unpaired) electrons. The van der Waals surface area contributed by atoms with E-state index in [9.17, 15) is 0 Å². The highest BCUT2D eigenvalue weighted by atomic mass is 28.4. The molecule has 0 spiro atoms. The molecule has 0 rings (SSSR count). The van der Waals surface area contributed by atoms with Crippen LogP contribution in [0.2, 0.25) is 39.3 Å². The van der Waals surface area contributed by atoms with E-state index in [0.717, 1.165) is 0 Å². The standard InChI is InChI=1S/2C5H12OSi/c2*1-5-6-7(2,3)4/h2*5H,1H2,2-4H3. The van der Waals surface area contributed by atoms with Gasteiger partial charge in [0.15, 0.2) is 0 Å². The van der Waals surface area contributed by atoms with E-state index in [0.29, 0.717) is 0 Å². The minimum Gasteiger partial charge on any atom is -0.550 e. The second-order valence-electron chi connectivity index (χ2n) is 4.79. The maximum Gasteiger partial charge on any atom is 0.241 e. The van der Waals surface area contributed by atoms with Gasteiger partial charge in [0.2, 0.25) is 16.6 Å². The monoisotopic (exact) mass is 232 g/mol. The van der Waals surface area contributed by atoms with Crippen molar-refractivity contribution in [3.63, 3.8) is 0 Å². The van der Waals surface area contributed by atoms with E-state index in [1.54, 1.807) is 0 Å². The van der Waals surface area contributed by atoms with E-state index in [1.807, 2.05) is 0 Å². The van der Waals surface area contributed by atoms with Gasteiger partial charge < -0.3 is 8.85 Å². The van der Waals surface area contributed by atoms with E-state index in [2.05, 4.69) is 52.4 Å². The Kier molecular flexibility index (Phi) is 7.86. The van der Waals surface area contributed by atoms with Gasteiger partial charge in [-0.25, -0.2) is 0 Å². The van der Waals surface area contributed by atoms with Crippen LogP contribution in [0.3, 0.4) is 0 Å². The first-order valence-electron chi connectivity index (χ1n) is 4.70. The van der Waals surface area contributed by atoms with Gasteiger partial charge in [0.05, 0.1) is 12.5 Å². The largest absolute Gasteiger partial charge is 0.550 e. The third-order valence-electron chi connectivity index (χ3n) is 0.874. The molecular weight excluding hydrogens is 208 g/mol. The van der Waals surface area contributed by atoms with Crippen LogP contribution in [0, 0.1) is 0 Å². The third kappa shape index (κ3) is 22.5. The average Bonchev–Trinajstić information content (AvgIpc) is 1.81. The number of hydrogen-bond donors (Lipinski definition) is 0. The van der Waals surface area contributed by atoms with Crippen molar-refractivity contribution in [1.82, 2.24) is 0 Å². The van der Waals surface area contributed by atoms with Crippen LogP contribution in [0.15, 0.2) is 25.7 Å². The highest BCUT2D eigenvalue weighted by Crippen LogP contribution is 2.01. The van der Waals surface area contributed by atoms with Crippen molar-refractivity contribution in [1.29, 1.82) is 0 Å². The van der Waals surface area contributed by atoms with Gasteiger partial charge in [0.1, 0.15) is 0 Å². The molecule has 14 heavy (non-hydrogen) atoms. The molecule has 0 aliphatic heterocycles. The molecule has 0 aliphatic carbocycles. The van der Waals surface area contributed by atoms with Crippen molar-refractivity contribution < 1.29 is 8.85 Å². The summed E-state index contributed by atoms with van der Waals surface area (Å²) in [6.45, 7) is 19.6. The van der Waals surface area contributed by atoms with Gasteiger partial charge in [-0.15, -0.1) is 0 Å². The third-order valence-corrected chi connectivity index (χ3v) is 2.62. The molecule has 2 nitrogen and oxygen atoms in total. The van der Waals surface area contributed by atoms with Crippen molar-refractivity contribution in [2.75, 3.05) is 0 Å². The predicted molar refractivity (Wildman–Crippen MR) is 69.3 cm³/mol. The van der Waals surface area contributed by atoms with Crippen LogP contribution in [0.5, 0.6) is 0 Å². The summed E-state index contributed by atoms with van der Waals surface area (Å²) in [7, 11) is -2.55. The van der Waals surface area contributed by atoms with E-state index in [1.165, 1.54) is 12.5 Å². The first-order valence-corrected chi connectivity index (χ1v) is 11.5. The Morgan fingerprint density at radius 2 is 0.929 bits per heavy atom. The molecule has 4 heteroatoms. The summed E-state index contributed by atoms with van der Waals surface area (Å²) in [6, 6.07) is 0. The molecule has 0 N–H and O–H groups in total. The lowest BCUT2D eigenvalue weighted by atomic mass is 11.2. The second kappa shape index (κ2) is 6.89. The van der Waals surface area contributed by atoms with Gasteiger partial charge in [-0.2, -0.15) is 0 Å². The Labute approximate surface area is 90.9 Å². The summed E-state index contributed by atoms with van der Waals surface area (Å²) in [4.78, 5) is 0. The van der Waals surface area contributed by atoms with Crippen LogP contribution in [-0.4, -0.2) is 16.6 Å². The smallest absolute Gasteiger partial charge is 0.241 e. The van der Waals surface area contributed by atoms with E-state index in [4.69, 9.17) is 8.85 Å². The highest BCUT2D eigenvalue weighted by Gasteiger charge is 2.12. The van der Waals surface area contributed by atoms with Crippen molar-refractivity contribution in [3.05, 3.63) is 25.7 Å². The van der Waals surface area contributed by atoms with Gasteiger partial charge in [-0.3, -0.25) is 0 Å². The summed E-state index contributed by atoms with van der Waals surface area (Å²) in [6.07, 6.45) is 3.04. The molecule has 0 bridgehead atoms. The molecule has 0 heterocycles. The zero-order chi connectivity index (χ0) is 11.8. The maximum absolute atomic E-state index is 5.13. The fourth-order valence-electron chi connectivity index (χ4n) is 0.500. The molecule has 0 aliphatic rings. The molecule has 0 fully saturated rings.